The number of methoxy groups -OCH3 is 1. The van der Waals surface area contributed by atoms with Gasteiger partial charge in [-0.15, -0.1) is 0 Å². The van der Waals surface area contributed by atoms with Crippen LogP contribution >= 0.6 is 0 Å². The Morgan fingerprint density at radius 2 is 1.95 bits per heavy atom. The average Bonchev–Trinajstić information content (AvgIpc) is 2.90. The number of likely N-dealkylation sites (N-methyl/N-ethyl adjacent to an activating group) is 1. The molecule has 0 saturated heterocycles. The smallest absolute Gasteiger partial charge is 0.191 e. The highest BCUT2D eigenvalue weighted by Gasteiger charge is 2.28. The molecule has 1 aliphatic rings. The summed E-state index contributed by atoms with van der Waals surface area (Å²) < 4.78 is 5.07. The standard InChI is InChI=1S/C16H34N4O/c1-16(8-5-6-9-16)14-19-15(17-2)18-10-12-20(3)11-7-13-21-4/h5-14H2,1-4H3,(H2,17,18,19). The van der Waals surface area contributed by atoms with Crippen LogP contribution in [0.15, 0.2) is 4.99 Å². The maximum Gasteiger partial charge on any atom is 0.191 e. The number of hydrogen-bond donors (Lipinski definition) is 2. The van der Waals surface area contributed by atoms with E-state index in [0.29, 0.717) is 5.41 Å². The minimum atomic E-state index is 0.453. The maximum atomic E-state index is 5.07. The van der Waals surface area contributed by atoms with Crippen LogP contribution in [0, 0.1) is 5.41 Å². The molecule has 5 nitrogen and oxygen atoms in total. The lowest BCUT2D eigenvalue weighted by atomic mass is 9.89. The van der Waals surface area contributed by atoms with Crippen LogP contribution < -0.4 is 10.6 Å². The van der Waals surface area contributed by atoms with Gasteiger partial charge in [-0.1, -0.05) is 19.8 Å². The van der Waals surface area contributed by atoms with Gasteiger partial charge >= 0.3 is 0 Å². The monoisotopic (exact) mass is 298 g/mol. The van der Waals surface area contributed by atoms with Crippen LogP contribution in [0.2, 0.25) is 0 Å². The molecule has 0 bridgehead atoms. The Hall–Kier alpha value is -0.810. The molecule has 1 aliphatic carbocycles. The van der Waals surface area contributed by atoms with E-state index in [4.69, 9.17) is 4.74 Å². The van der Waals surface area contributed by atoms with Crippen LogP contribution in [-0.2, 0) is 4.74 Å². The Morgan fingerprint density at radius 3 is 2.57 bits per heavy atom. The summed E-state index contributed by atoms with van der Waals surface area (Å²) in [7, 11) is 5.74. The third kappa shape index (κ3) is 7.67. The van der Waals surface area contributed by atoms with Crippen LogP contribution in [0.1, 0.15) is 39.0 Å². The second-order valence-corrected chi connectivity index (χ2v) is 6.52. The van der Waals surface area contributed by atoms with Crippen molar-refractivity contribution < 1.29 is 4.74 Å². The second kappa shape index (κ2) is 10.0. The fraction of sp³-hybridized carbons (Fsp3) is 0.938. The zero-order valence-corrected chi connectivity index (χ0v) is 14.4. The Kier molecular flexibility index (Phi) is 8.69. The van der Waals surface area contributed by atoms with E-state index in [1.165, 1.54) is 25.7 Å². The number of rotatable bonds is 9. The molecule has 1 fully saturated rings. The van der Waals surface area contributed by atoms with Gasteiger partial charge in [0.05, 0.1) is 0 Å². The Balaban J connectivity index is 2.13. The van der Waals surface area contributed by atoms with E-state index in [1.54, 1.807) is 7.11 Å². The van der Waals surface area contributed by atoms with Gasteiger partial charge < -0.3 is 20.3 Å². The molecular formula is C16H34N4O. The van der Waals surface area contributed by atoms with Crippen molar-refractivity contribution in [2.45, 2.75) is 39.0 Å². The van der Waals surface area contributed by atoms with E-state index in [9.17, 15) is 0 Å². The van der Waals surface area contributed by atoms with Gasteiger partial charge in [0.15, 0.2) is 5.96 Å². The summed E-state index contributed by atoms with van der Waals surface area (Å²) in [5, 5.41) is 6.88. The maximum absolute atomic E-state index is 5.07. The Bertz CT molecular complexity index is 301. The number of hydrogen-bond acceptors (Lipinski definition) is 3. The molecule has 0 aliphatic heterocycles. The highest BCUT2D eigenvalue weighted by atomic mass is 16.5. The molecule has 0 aromatic heterocycles. The normalized spacial score (nSPS) is 18.2. The minimum absolute atomic E-state index is 0.453. The van der Waals surface area contributed by atoms with Gasteiger partial charge in [-0.25, -0.2) is 0 Å². The predicted octanol–water partition coefficient (Wildman–Crippen LogP) is 1.70. The number of guanidine groups is 1. The molecule has 21 heavy (non-hydrogen) atoms. The quantitative estimate of drug-likeness (QED) is 0.386. The summed E-state index contributed by atoms with van der Waals surface area (Å²) in [6, 6.07) is 0. The second-order valence-electron chi connectivity index (χ2n) is 6.52. The molecular weight excluding hydrogens is 264 g/mol. The van der Waals surface area contributed by atoms with Crippen molar-refractivity contribution in [1.29, 1.82) is 0 Å². The van der Waals surface area contributed by atoms with Gasteiger partial charge in [0, 0.05) is 46.9 Å². The minimum Gasteiger partial charge on any atom is -0.385 e. The molecule has 0 aromatic carbocycles. The van der Waals surface area contributed by atoms with Gasteiger partial charge in [0.2, 0.25) is 0 Å². The highest BCUT2D eigenvalue weighted by molar-refractivity contribution is 5.79. The Morgan fingerprint density at radius 1 is 1.24 bits per heavy atom. The van der Waals surface area contributed by atoms with Crippen LogP contribution in [0.5, 0.6) is 0 Å². The molecule has 1 saturated carbocycles. The summed E-state index contributed by atoms with van der Waals surface area (Å²) in [5.74, 6) is 0.924. The lowest BCUT2D eigenvalue weighted by molar-refractivity contribution is 0.180. The average molecular weight is 298 g/mol. The lowest BCUT2D eigenvalue weighted by Gasteiger charge is -2.25. The molecule has 0 unspecified atom stereocenters. The first-order valence-electron chi connectivity index (χ1n) is 8.22. The van der Waals surface area contributed by atoms with E-state index in [1.807, 2.05) is 7.05 Å². The molecule has 0 atom stereocenters. The molecule has 0 aromatic rings. The van der Waals surface area contributed by atoms with Gasteiger partial charge in [-0.3, -0.25) is 4.99 Å². The highest BCUT2D eigenvalue weighted by Crippen LogP contribution is 2.36. The fourth-order valence-corrected chi connectivity index (χ4v) is 2.88. The van der Waals surface area contributed by atoms with Crippen molar-refractivity contribution >= 4 is 5.96 Å². The molecule has 2 N–H and O–H groups in total. The third-order valence-corrected chi connectivity index (χ3v) is 4.39. The van der Waals surface area contributed by atoms with E-state index in [2.05, 4.69) is 34.5 Å². The van der Waals surface area contributed by atoms with E-state index in [-0.39, 0.29) is 0 Å². The van der Waals surface area contributed by atoms with Crippen molar-refractivity contribution in [1.82, 2.24) is 15.5 Å². The van der Waals surface area contributed by atoms with Gasteiger partial charge in [0.1, 0.15) is 0 Å². The number of nitrogens with one attached hydrogen (secondary N) is 2. The summed E-state index contributed by atoms with van der Waals surface area (Å²) in [4.78, 5) is 6.63. The first-order valence-corrected chi connectivity index (χ1v) is 8.22. The van der Waals surface area contributed by atoms with Crippen molar-refractivity contribution in [3.05, 3.63) is 0 Å². The van der Waals surface area contributed by atoms with Crippen LogP contribution in [0.4, 0.5) is 0 Å². The van der Waals surface area contributed by atoms with Crippen molar-refractivity contribution in [3.63, 3.8) is 0 Å². The first kappa shape index (κ1) is 18.2. The topological polar surface area (TPSA) is 48.9 Å². The fourth-order valence-electron chi connectivity index (χ4n) is 2.88. The Labute approximate surface area is 130 Å². The molecule has 124 valence electrons. The SMILES string of the molecule is CN=C(NCCN(C)CCCOC)NCC1(C)CCCC1. The van der Waals surface area contributed by atoms with E-state index >= 15 is 0 Å². The number of ether oxygens (including phenoxy) is 1. The summed E-state index contributed by atoms with van der Waals surface area (Å²) in [6.45, 7) is 7.24. The van der Waals surface area contributed by atoms with Gasteiger partial charge in [-0.2, -0.15) is 0 Å². The molecule has 0 radical (unpaired) electrons. The molecule has 0 spiro atoms. The molecule has 5 heteroatoms. The van der Waals surface area contributed by atoms with Crippen molar-refractivity contribution in [2.75, 3.05) is 54.0 Å². The van der Waals surface area contributed by atoms with E-state index < -0.39 is 0 Å². The molecule has 1 rings (SSSR count). The summed E-state index contributed by atoms with van der Waals surface area (Å²) in [5.41, 5.74) is 0.453. The molecule has 0 amide bonds. The summed E-state index contributed by atoms with van der Waals surface area (Å²) >= 11 is 0. The third-order valence-electron chi connectivity index (χ3n) is 4.39. The number of nitrogens with zero attached hydrogens (tertiary/aromatic N) is 2. The number of aliphatic imine (C=N–C) groups is 1. The van der Waals surface area contributed by atoms with Crippen LogP contribution in [-0.4, -0.2) is 64.9 Å². The zero-order chi connectivity index (χ0) is 15.6. The van der Waals surface area contributed by atoms with Crippen molar-refractivity contribution in [3.8, 4) is 0 Å². The van der Waals surface area contributed by atoms with Gasteiger partial charge in [-0.05, 0) is 31.7 Å². The summed E-state index contributed by atoms with van der Waals surface area (Å²) in [6.07, 6.45) is 6.49. The van der Waals surface area contributed by atoms with Crippen LogP contribution in [0.3, 0.4) is 0 Å². The van der Waals surface area contributed by atoms with E-state index in [0.717, 1.165) is 45.2 Å². The molecule has 0 heterocycles. The largest absolute Gasteiger partial charge is 0.385 e. The van der Waals surface area contributed by atoms with Crippen molar-refractivity contribution in [2.24, 2.45) is 10.4 Å². The lowest BCUT2D eigenvalue weighted by Crippen LogP contribution is -2.44. The predicted molar refractivity (Wildman–Crippen MR) is 89.9 cm³/mol. The van der Waals surface area contributed by atoms with Crippen LogP contribution in [0.25, 0.3) is 0 Å². The van der Waals surface area contributed by atoms with Gasteiger partial charge in [0.25, 0.3) is 0 Å². The first-order chi connectivity index (χ1) is 10.1. The zero-order valence-electron chi connectivity index (χ0n) is 14.4.